The zero-order valence-electron chi connectivity index (χ0n) is 12.0. The molecule has 2 fully saturated rings. The lowest BCUT2D eigenvalue weighted by molar-refractivity contribution is 0.0967. The fraction of sp³-hybridized carbons (Fsp3) is 0.588. The van der Waals surface area contributed by atoms with E-state index in [0.717, 1.165) is 24.2 Å². The second-order valence-electron chi connectivity index (χ2n) is 5.91. The third-order valence-electron chi connectivity index (χ3n) is 4.21. The molecular formula is C17H23NOS. The molecule has 0 spiro atoms. The number of likely N-dealkylation sites (tertiary alicyclic amines) is 1. The van der Waals surface area contributed by atoms with E-state index in [-0.39, 0.29) is 0 Å². The predicted octanol–water partition coefficient (Wildman–Crippen LogP) is 3.86. The summed E-state index contributed by atoms with van der Waals surface area (Å²) in [4.78, 5) is 15.8. The van der Waals surface area contributed by atoms with Gasteiger partial charge in [-0.25, -0.2) is 0 Å². The number of carbonyl (C=O) groups excluding carboxylic acids is 1. The van der Waals surface area contributed by atoms with Crippen molar-refractivity contribution in [3.8, 4) is 0 Å². The van der Waals surface area contributed by atoms with Crippen LogP contribution in [0.3, 0.4) is 0 Å². The largest absolute Gasteiger partial charge is 0.303 e. The molecule has 2 nitrogen and oxygen atoms in total. The van der Waals surface area contributed by atoms with Gasteiger partial charge in [-0.3, -0.25) is 4.79 Å². The van der Waals surface area contributed by atoms with Gasteiger partial charge in [0.05, 0.1) is 0 Å². The Hall–Kier alpha value is -0.800. The zero-order valence-corrected chi connectivity index (χ0v) is 12.8. The number of nitrogens with zero attached hydrogens (tertiary/aromatic N) is 1. The molecule has 0 bridgehead atoms. The van der Waals surface area contributed by atoms with E-state index in [0.29, 0.717) is 11.7 Å². The Morgan fingerprint density at radius 2 is 1.80 bits per heavy atom. The highest BCUT2D eigenvalue weighted by atomic mass is 32.2. The van der Waals surface area contributed by atoms with Gasteiger partial charge in [-0.15, -0.1) is 11.8 Å². The summed E-state index contributed by atoms with van der Waals surface area (Å²) in [5, 5.41) is 0. The minimum Gasteiger partial charge on any atom is -0.303 e. The average Bonchev–Trinajstić information content (AvgIpc) is 3.33. The molecule has 0 atom stereocenters. The Kier molecular flexibility index (Phi) is 4.79. The number of thioether (sulfide) groups is 1. The summed E-state index contributed by atoms with van der Waals surface area (Å²) in [5.74, 6) is 1.82. The number of ketones is 1. The monoisotopic (exact) mass is 289 g/mol. The van der Waals surface area contributed by atoms with Crippen molar-refractivity contribution in [3.05, 3.63) is 29.8 Å². The molecule has 0 unspecified atom stereocenters. The minimum absolute atomic E-state index is 0.326. The van der Waals surface area contributed by atoms with Crippen molar-refractivity contribution in [1.29, 1.82) is 0 Å². The van der Waals surface area contributed by atoms with E-state index in [9.17, 15) is 4.79 Å². The normalized spacial score (nSPS) is 20.0. The van der Waals surface area contributed by atoms with Gasteiger partial charge < -0.3 is 4.90 Å². The van der Waals surface area contributed by atoms with E-state index in [1.807, 2.05) is 23.9 Å². The number of hydrogen-bond acceptors (Lipinski definition) is 3. The van der Waals surface area contributed by atoms with Crippen LogP contribution in [-0.4, -0.2) is 36.1 Å². The van der Waals surface area contributed by atoms with E-state index in [4.69, 9.17) is 0 Å². The molecule has 1 heterocycles. The molecular weight excluding hydrogens is 266 g/mol. The average molecular weight is 289 g/mol. The molecule has 2 aliphatic rings. The predicted molar refractivity (Wildman–Crippen MR) is 84.5 cm³/mol. The molecule has 1 saturated heterocycles. The maximum Gasteiger partial charge on any atom is 0.165 e. The first-order chi connectivity index (χ1) is 9.83. The Labute approximate surface area is 125 Å². The van der Waals surface area contributed by atoms with Crippen molar-refractivity contribution >= 4 is 17.5 Å². The SMILES string of the molecule is O=C(c1ccc(SCCN2CCCCC2)cc1)C1CC1. The van der Waals surface area contributed by atoms with Crippen molar-refractivity contribution in [1.82, 2.24) is 4.90 Å². The van der Waals surface area contributed by atoms with E-state index < -0.39 is 0 Å². The summed E-state index contributed by atoms with van der Waals surface area (Å²) in [5.41, 5.74) is 0.896. The van der Waals surface area contributed by atoms with Crippen molar-refractivity contribution < 1.29 is 4.79 Å². The van der Waals surface area contributed by atoms with Gasteiger partial charge in [0.15, 0.2) is 5.78 Å². The molecule has 1 saturated carbocycles. The van der Waals surface area contributed by atoms with Crippen molar-refractivity contribution in [2.45, 2.75) is 37.0 Å². The van der Waals surface area contributed by atoms with Crippen LogP contribution in [0.4, 0.5) is 0 Å². The number of hydrogen-bond donors (Lipinski definition) is 0. The lowest BCUT2D eigenvalue weighted by atomic mass is 10.1. The third-order valence-corrected chi connectivity index (χ3v) is 5.20. The summed E-state index contributed by atoms with van der Waals surface area (Å²) in [6.45, 7) is 3.73. The molecule has 0 N–H and O–H groups in total. The first kappa shape index (κ1) is 14.2. The smallest absolute Gasteiger partial charge is 0.165 e. The highest BCUT2D eigenvalue weighted by Gasteiger charge is 2.30. The van der Waals surface area contributed by atoms with Gasteiger partial charge in [0, 0.05) is 28.7 Å². The number of Topliss-reactive ketones (excluding diaryl/α,β-unsaturated/α-hetero) is 1. The van der Waals surface area contributed by atoms with Crippen LogP contribution >= 0.6 is 11.8 Å². The maximum atomic E-state index is 11.9. The molecule has 0 aromatic heterocycles. The number of piperidine rings is 1. The van der Waals surface area contributed by atoms with E-state index in [2.05, 4.69) is 17.0 Å². The van der Waals surface area contributed by atoms with E-state index >= 15 is 0 Å². The molecule has 0 radical (unpaired) electrons. The lowest BCUT2D eigenvalue weighted by Gasteiger charge is -2.26. The second-order valence-corrected chi connectivity index (χ2v) is 7.08. The molecule has 1 aromatic carbocycles. The van der Waals surface area contributed by atoms with Gasteiger partial charge in [-0.2, -0.15) is 0 Å². The van der Waals surface area contributed by atoms with Crippen molar-refractivity contribution in [2.75, 3.05) is 25.4 Å². The van der Waals surface area contributed by atoms with E-state index in [1.54, 1.807) is 0 Å². The number of carbonyl (C=O) groups is 1. The fourth-order valence-corrected chi connectivity index (χ4v) is 3.69. The van der Waals surface area contributed by atoms with Crippen molar-refractivity contribution in [3.63, 3.8) is 0 Å². The Bertz CT molecular complexity index is 447. The Morgan fingerprint density at radius 3 is 2.45 bits per heavy atom. The zero-order chi connectivity index (χ0) is 13.8. The van der Waals surface area contributed by atoms with Crippen LogP contribution in [0.2, 0.25) is 0 Å². The minimum atomic E-state index is 0.326. The first-order valence-electron chi connectivity index (χ1n) is 7.82. The Balaban J connectivity index is 1.44. The van der Waals surface area contributed by atoms with Crippen LogP contribution in [0, 0.1) is 5.92 Å². The highest BCUT2D eigenvalue weighted by Crippen LogP contribution is 2.33. The van der Waals surface area contributed by atoms with Gasteiger partial charge in [0.2, 0.25) is 0 Å². The Morgan fingerprint density at radius 1 is 1.10 bits per heavy atom. The molecule has 3 rings (SSSR count). The fourth-order valence-electron chi connectivity index (χ4n) is 2.77. The summed E-state index contributed by atoms with van der Waals surface area (Å²) >= 11 is 1.91. The molecule has 1 aromatic rings. The standard InChI is InChI=1S/C17H23NOS/c19-17(14-4-5-14)15-6-8-16(9-7-15)20-13-12-18-10-2-1-3-11-18/h6-9,14H,1-5,10-13H2. The van der Waals surface area contributed by atoms with Gasteiger partial charge in [-0.1, -0.05) is 18.6 Å². The van der Waals surface area contributed by atoms with Gasteiger partial charge >= 0.3 is 0 Å². The highest BCUT2D eigenvalue weighted by molar-refractivity contribution is 7.99. The molecule has 108 valence electrons. The van der Waals surface area contributed by atoms with Crippen LogP contribution in [0.25, 0.3) is 0 Å². The van der Waals surface area contributed by atoms with Crippen molar-refractivity contribution in [2.24, 2.45) is 5.92 Å². The van der Waals surface area contributed by atoms with Crippen LogP contribution < -0.4 is 0 Å². The molecule has 0 amide bonds. The van der Waals surface area contributed by atoms with Gasteiger partial charge in [0.1, 0.15) is 0 Å². The number of benzene rings is 1. The summed E-state index contributed by atoms with van der Waals surface area (Å²) < 4.78 is 0. The summed E-state index contributed by atoms with van der Waals surface area (Å²) in [6.07, 6.45) is 6.31. The van der Waals surface area contributed by atoms with E-state index in [1.165, 1.54) is 43.8 Å². The molecule has 1 aliphatic carbocycles. The van der Waals surface area contributed by atoms with Crippen LogP contribution in [-0.2, 0) is 0 Å². The van der Waals surface area contributed by atoms with Gasteiger partial charge in [-0.05, 0) is 50.9 Å². The quantitative estimate of drug-likeness (QED) is 0.586. The maximum absolute atomic E-state index is 11.9. The number of rotatable bonds is 6. The summed E-state index contributed by atoms with van der Waals surface area (Å²) in [6, 6.07) is 8.22. The first-order valence-corrected chi connectivity index (χ1v) is 8.81. The van der Waals surface area contributed by atoms with Crippen LogP contribution in [0.5, 0.6) is 0 Å². The van der Waals surface area contributed by atoms with Gasteiger partial charge in [0.25, 0.3) is 0 Å². The van der Waals surface area contributed by atoms with Crippen LogP contribution in [0.1, 0.15) is 42.5 Å². The second kappa shape index (κ2) is 6.77. The lowest BCUT2D eigenvalue weighted by Crippen LogP contribution is -2.31. The molecule has 1 aliphatic heterocycles. The third kappa shape index (κ3) is 3.86. The summed E-state index contributed by atoms with van der Waals surface area (Å²) in [7, 11) is 0. The molecule has 3 heteroatoms. The van der Waals surface area contributed by atoms with Crippen LogP contribution in [0.15, 0.2) is 29.2 Å². The molecule has 20 heavy (non-hydrogen) atoms. The topological polar surface area (TPSA) is 20.3 Å².